The molecule has 1 rings (SSSR count). The Kier molecular flexibility index (Phi) is 4.47. The first-order chi connectivity index (χ1) is 6.20. The lowest BCUT2D eigenvalue weighted by atomic mass is 9.86. The molecular weight excluding hydrogens is 196 g/mol. The average molecular weight is 214 g/mol. The van der Waals surface area contributed by atoms with Crippen LogP contribution in [-0.2, 0) is 0 Å². The topological polar surface area (TPSA) is 0 Å². The Hall–Kier alpha value is 0.180. The highest BCUT2D eigenvalue weighted by atomic mass is 33.1. The van der Waals surface area contributed by atoms with Gasteiger partial charge in [-0.05, 0) is 17.8 Å². The van der Waals surface area contributed by atoms with Crippen molar-refractivity contribution in [3.63, 3.8) is 0 Å². The van der Waals surface area contributed by atoms with Crippen LogP contribution in [0.2, 0.25) is 0 Å². The van der Waals surface area contributed by atoms with Crippen LogP contribution in [0.15, 0.2) is 25.3 Å². The second kappa shape index (κ2) is 5.16. The predicted molar refractivity (Wildman–Crippen MR) is 66.0 cm³/mol. The van der Waals surface area contributed by atoms with Crippen molar-refractivity contribution in [3.8, 4) is 0 Å². The SMILES string of the molecule is C=CC1CSSC(C(C)C)C1C=C. The fourth-order valence-corrected chi connectivity index (χ4v) is 5.35. The van der Waals surface area contributed by atoms with Crippen molar-refractivity contribution < 1.29 is 0 Å². The van der Waals surface area contributed by atoms with E-state index in [1.54, 1.807) is 0 Å². The molecule has 74 valence electrons. The summed E-state index contributed by atoms with van der Waals surface area (Å²) in [5, 5.41) is 0.708. The van der Waals surface area contributed by atoms with E-state index in [4.69, 9.17) is 0 Å². The molecule has 0 spiro atoms. The van der Waals surface area contributed by atoms with Crippen molar-refractivity contribution >= 4 is 21.6 Å². The third kappa shape index (κ3) is 2.57. The Bertz CT molecular complexity index is 187. The molecule has 0 saturated carbocycles. The Labute approximate surface area is 89.6 Å². The summed E-state index contributed by atoms with van der Waals surface area (Å²) in [6.07, 6.45) is 4.21. The lowest BCUT2D eigenvalue weighted by Gasteiger charge is -2.36. The van der Waals surface area contributed by atoms with Crippen molar-refractivity contribution in [2.24, 2.45) is 17.8 Å². The van der Waals surface area contributed by atoms with Gasteiger partial charge in [0.2, 0.25) is 0 Å². The highest BCUT2D eigenvalue weighted by Gasteiger charge is 2.32. The number of hydrogen-bond donors (Lipinski definition) is 0. The van der Waals surface area contributed by atoms with Gasteiger partial charge in [-0.15, -0.1) is 13.2 Å². The minimum absolute atomic E-state index is 0.615. The van der Waals surface area contributed by atoms with E-state index in [-0.39, 0.29) is 0 Å². The van der Waals surface area contributed by atoms with Crippen LogP contribution in [0.3, 0.4) is 0 Å². The summed E-state index contributed by atoms with van der Waals surface area (Å²) >= 11 is 0. The standard InChI is InChI=1S/C11H18S2/c1-5-9-7-12-13-11(8(3)4)10(9)6-2/h5-6,8-11H,1-2,7H2,3-4H3. The van der Waals surface area contributed by atoms with Gasteiger partial charge in [0.05, 0.1) is 0 Å². The van der Waals surface area contributed by atoms with Gasteiger partial charge < -0.3 is 0 Å². The zero-order chi connectivity index (χ0) is 9.84. The molecule has 3 unspecified atom stereocenters. The van der Waals surface area contributed by atoms with E-state index in [0.29, 0.717) is 17.1 Å². The summed E-state index contributed by atoms with van der Waals surface area (Å²) in [4.78, 5) is 0. The van der Waals surface area contributed by atoms with E-state index in [1.807, 2.05) is 21.6 Å². The Morgan fingerprint density at radius 1 is 1.31 bits per heavy atom. The van der Waals surface area contributed by atoms with Gasteiger partial charge in [0, 0.05) is 11.0 Å². The van der Waals surface area contributed by atoms with E-state index < -0.39 is 0 Å². The van der Waals surface area contributed by atoms with E-state index in [0.717, 1.165) is 5.92 Å². The summed E-state index contributed by atoms with van der Waals surface area (Å²) in [5.41, 5.74) is 0. The lowest BCUT2D eigenvalue weighted by molar-refractivity contribution is 0.426. The van der Waals surface area contributed by atoms with Gasteiger partial charge in [-0.2, -0.15) is 0 Å². The van der Waals surface area contributed by atoms with Crippen LogP contribution in [-0.4, -0.2) is 11.0 Å². The summed E-state index contributed by atoms with van der Waals surface area (Å²) in [6.45, 7) is 12.4. The molecule has 0 radical (unpaired) electrons. The monoisotopic (exact) mass is 214 g/mol. The summed E-state index contributed by atoms with van der Waals surface area (Å²) in [6, 6.07) is 0. The van der Waals surface area contributed by atoms with Crippen LogP contribution in [0, 0.1) is 17.8 Å². The van der Waals surface area contributed by atoms with Crippen LogP contribution in [0.1, 0.15) is 13.8 Å². The Morgan fingerprint density at radius 2 is 2.00 bits per heavy atom. The first kappa shape index (κ1) is 11.3. The maximum absolute atomic E-state index is 3.94. The average Bonchev–Trinajstić information content (AvgIpc) is 2.16. The molecule has 1 fully saturated rings. The highest BCUT2D eigenvalue weighted by molar-refractivity contribution is 8.77. The second-order valence-electron chi connectivity index (χ2n) is 3.80. The third-order valence-corrected chi connectivity index (χ3v) is 5.77. The zero-order valence-corrected chi connectivity index (χ0v) is 10.0. The van der Waals surface area contributed by atoms with Crippen LogP contribution in [0.25, 0.3) is 0 Å². The van der Waals surface area contributed by atoms with Gasteiger partial charge >= 0.3 is 0 Å². The molecule has 13 heavy (non-hydrogen) atoms. The fourth-order valence-electron chi connectivity index (χ4n) is 1.70. The normalized spacial score (nSPS) is 34.5. The lowest BCUT2D eigenvalue weighted by Crippen LogP contribution is -2.31. The first-order valence-corrected chi connectivity index (χ1v) is 7.12. The number of hydrogen-bond acceptors (Lipinski definition) is 2. The van der Waals surface area contributed by atoms with Gasteiger partial charge in [0.15, 0.2) is 0 Å². The van der Waals surface area contributed by atoms with Crippen molar-refractivity contribution in [2.75, 3.05) is 5.75 Å². The van der Waals surface area contributed by atoms with Crippen molar-refractivity contribution in [3.05, 3.63) is 25.3 Å². The molecule has 0 N–H and O–H groups in total. The molecule has 0 aliphatic carbocycles. The van der Waals surface area contributed by atoms with Crippen molar-refractivity contribution in [1.82, 2.24) is 0 Å². The predicted octanol–water partition coefficient (Wildman–Crippen LogP) is 4.01. The molecule has 0 amide bonds. The van der Waals surface area contributed by atoms with Gasteiger partial charge in [0.1, 0.15) is 0 Å². The van der Waals surface area contributed by atoms with Crippen molar-refractivity contribution in [2.45, 2.75) is 19.1 Å². The Balaban J connectivity index is 2.72. The molecule has 1 heterocycles. The van der Waals surface area contributed by atoms with Crippen LogP contribution >= 0.6 is 21.6 Å². The minimum Gasteiger partial charge on any atom is -0.103 e. The van der Waals surface area contributed by atoms with Crippen molar-refractivity contribution in [1.29, 1.82) is 0 Å². The molecule has 3 atom stereocenters. The van der Waals surface area contributed by atoms with E-state index in [2.05, 4.69) is 39.2 Å². The second-order valence-corrected chi connectivity index (χ2v) is 6.39. The van der Waals surface area contributed by atoms with Gasteiger partial charge in [-0.1, -0.05) is 47.6 Å². The summed E-state index contributed by atoms with van der Waals surface area (Å²) < 4.78 is 0. The molecular formula is C11H18S2. The highest BCUT2D eigenvalue weighted by Crippen LogP contribution is 2.46. The summed E-state index contributed by atoms with van der Waals surface area (Å²) in [7, 11) is 4.00. The van der Waals surface area contributed by atoms with Crippen LogP contribution < -0.4 is 0 Å². The van der Waals surface area contributed by atoms with E-state index >= 15 is 0 Å². The zero-order valence-electron chi connectivity index (χ0n) is 8.40. The molecule has 1 aliphatic heterocycles. The molecule has 0 aromatic carbocycles. The molecule has 0 aromatic rings. The molecule has 0 aromatic heterocycles. The summed E-state index contributed by atoms with van der Waals surface area (Å²) in [5.74, 6) is 3.15. The molecule has 1 saturated heterocycles. The smallest absolute Gasteiger partial charge is 0.0243 e. The molecule has 1 aliphatic rings. The minimum atomic E-state index is 0.615. The molecule has 0 nitrogen and oxygen atoms in total. The molecule has 2 heteroatoms. The van der Waals surface area contributed by atoms with Gasteiger partial charge in [0.25, 0.3) is 0 Å². The largest absolute Gasteiger partial charge is 0.103 e. The van der Waals surface area contributed by atoms with E-state index in [1.165, 1.54) is 5.75 Å². The first-order valence-electron chi connectivity index (χ1n) is 4.74. The maximum atomic E-state index is 3.94. The quantitative estimate of drug-likeness (QED) is 0.514. The maximum Gasteiger partial charge on any atom is 0.0243 e. The Morgan fingerprint density at radius 3 is 2.46 bits per heavy atom. The van der Waals surface area contributed by atoms with Gasteiger partial charge in [-0.25, -0.2) is 0 Å². The number of allylic oxidation sites excluding steroid dienone is 2. The van der Waals surface area contributed by atoms with Crippen LogP contribution in [0.4, 0.5) is 0 Å². The fraction of sp³-hybridized carbons (Fsp3) is 0.636. The van der Waals surface area contributed by atoms with E-state index in [9.17, 15) is 0 Å². The molecule has 0 bridgehead atoms. The van der Waals surface area contributed by atoms with Crippen LogP contribution in [0.5, 0.6) is 0 Å². The van der Waals surface area contributed by atoms with Gasteiger partial charge in [-0.3, -0.25) is 0 Å². The third-order valence-electron chi connectivity index (χ3n) is 2.55. The number of rotatable bonds is 3.